The molecular weight excluding hydrogens is 322 g/mol. The molecule has 0 saturated heterocycles. The van der Waals surface area contributed by atoms with Crippen LogP contribution in [0.15, 0.2) is 16.6 Å². The second-order valence-corrected chi connectivity index (χ2v) is 7.69. The average Bonchev–Trinajstić information content (AvgIpc) is 2.86. The Balaban J connectivity index is 2.27. The Bertz CT molecular complexity index is 706. The Morgan fingerprint density at radius 3 is 2.90 bits per heavy atom. The minimum absolute atomic E-state index is 0.0291. The van der Waals surface area contributed by atoms with Gasteiger partial charge >= 0.3 is 0 Å². The summed E-state index contributed by atoms with van der Waals surface area (Å²) in [5.74, 6) is 0. The predicted molar refractivity (Wildman–Crippen MR) is 79.0 cm³/mol. The Morgan fingerprint density at radius 2 is 2.25 bits per heavy atom. The Kier molecular flexibility index (Phi) is 4.41. The van der Waals surface area contributed by atoms with E-state index in [2.05, 4.69) is 9.71 Å². The van der Waals surface area contributed by atoms with Crippen molar-refractivity contribution in [2.45, 2.75) is 31.4 Å². The predicted octanol–water partition coefficient (Wildman–Crippen LogP) is 2.14. The molecule has 0 aliphatic heterocycles. The summed E-state index contributed by atoms with van der Waals surface area (Å²) in [5.41, 5.74) is -0.591. The molecular formula is C11H16ClN3O3S2. The van der Waals surface area contributed by atoms with Crippen LogP contribution in [0.1, 0.15) is 20.8 Å². The van der Waals surface area contributed by atoms with Gasteiger partial charge in [-0.1, -0.05) is 11.6 Å². The van der Waals surface area contributed by atoms with Crippen LogP contribution in [0.3, 0.4) is 0 Å². The molecule has 1 N–H and O–H groups in total. The van der Waals surface area contributed by atoms with Crippen molar-refractivity contribution in [2.75, 3.05) is 13.2 Å². The van der Waals surface area contributed by atoms with E-state index >= 15 is 0 Å². The lowest BCUT2D eigenvalue weighted by atomic mass is 10.1. The quantitative estimate of drug-likeness (QED) is 0.876. The number of fused-ring (bicyclic) bond motifs is 1. The molecule has 0 aliphatic rings. The summed E-state index contributed by atoms with van der Waals surface area (Å²) >= 11 is 7.25. The number of hydrogen-bond donors (Lipinski definition) is 1. The fourth-order valence-corrected chi connectivity index (χ4v) is 4.40. The number of rotatable bonds is 6. The van der Waals surface area contributed by atoms with Gasteiger partial charge in [-0.3, -0.25) is 4.40 Å². The second-order valence-electron chi connectivity index (χ2n) is 4.78. The molecule has 0 fully saturated rings. The van der Waals surface area contributed by atoms with Gasteiger partial charge in [-0.25, -0.2) is 18.1 Å². The molecule has 2 heterocycles. The summed E-state index contributed by atoms with van der Waals surface area (Å²) in [6.45, 7) is 6.15. The smallest absolute Gasteiger partial charge is 0.259 e. The molecule has 0 radical (unpaired) electrons. The number of halogens is 1. The van der Waals surface area contributed by atoms with Crippen molar-refractivity contribution >= 4 is 37.9 Å². The molecule has 2 aromatic heterocycles. The lowest BCUT2D eigenvalue weighted by Crippen LogP contribution is -2.40. The van der Waals surface area contributed by atoms with Crippen molar-refractivity contribution < 1.29 is 13.2 Å². The van der Waals surface area contributed by atoms with Crippen LogP contribution < -0.4 is 4.72 Å². The summed E-state index contributed by atoms with van der Waals surface area (Å²) < 4.78 is 34.2. The SMILES string of the molecule is CCOC(C)(C)CNS(=O)(=O)c1c(Cl)nc2sccn12. The maximum absolute atomic E-state index is 12.4. The molecule has 6 nitrogen and oxygen atoms in total. The lowest BCUT2D eigenvalue weighted by molar-refractivity contribution is -0.00516. The summed E-state index contributed by atoms with van der Waals surface area (Å²) in [4.78, 5) is 4.56. The first-order valence-corrected chi connectivity index (χ1v) is 8.75. The third-order valence-electron chi connectivity index (χ3n) is 2.66. The minimum atomic E-state index is -3.75. The maximum Gasteiger partial charge on any atom is 0.259 e. The maximum atomic E-state index is 12.4. The number of thiazole rings is 1. The Morgan fingerprint density at radius 1 is 1.55 bits per heavy atom. The minimum Gasteiger partial charge on any atom is -0.375 e. The highest BCUT2D eigenvalue weighted by molar-refractivity contribution is 7.89. The molecule has 0 amide bonds. The molecule has 0 atom stereocenters. The number of ether oxygens (including phenoxy) is 1. The van der Waals surface area contributed by atoms with Crippen molar-refractivity contribution in [1.82, 2.24) is 14.1 Å². The van der Waals surface area contributed by atoms with E-state index < -0.39 is 15.6 Å². The van der Waals surface area contributed by atoms with Crippen molar-refractivity contribution in [3.63, 3.8) is 0 Å². The first-order valence-electron chi connectivity index (χ1n) is 6.01. The normalized spacial score (nSPS) is 13.2. The van der Waals surface area contributed by atoms with Gasteiger partial charge in [0, 0.05) is 24.7 Å². The van der Waals surface area contributed by atoms with Gasteiger partial charge in [0.15, 0.2) is 15.1 Å². The summed E-state index contributed by atoms with van der Waals surface area (Å²) in [6, 6.07) is 0. The van der Waals surface area contributed by atoms with Crippen molar-refractivity contribution in [3.05, 3.63) is 16.7 Å². The van der Waals surface area contributed by atoms with Crippen molar-refractivity contribution in [3.8, 4) is 0 Å². The monoisotopic (exact) mass is 337 g/mol. The summed E-state index contributed by atoms with van der Waals surface area (Å²) in [7, 11) is -3.75. The van der Waals surface area contributed by atoms with Gasteiger partial charge in [-0.2, -0.15) is 0 Å². The van der Waals surface area contributed by atoms with Crippen LogP contribution in [-0.4, -0.2) is 36.6 Å². The number of nitrogens with zero attached hydrogens (tertiary/aromatic N) is 2. The number of nitrogens with one attached hydrogen (secondary N) is 1. The van der Waals surface area contributed by atoms with Crippen LogP contribution in [0.25, 0.3) is 4.96 Å². The van der Waals surface area contributed by atoms with Gasteiger partial charge in [0.05, 0.1) is 5.60 Å². The molecule has 0 unspecified atom stereocenters. The molecule has 0 aromatic carbocycles. The fraction of sp³-hybridized carbons (Fsp3) is 0.545. The molecule has 0 bridgehead atoms. The summed E-state index contributed by atoms with van der Waals surface area (Å²) in [5, 5.41) is 1.68. The molecule has 2 aromatic rings. The Hall–Kier alpha value is -0.670. The zero-order valence-electron chi connectivity index (χ0n) is 11.4. The number of aromatic nitrogens is 2. The first-order chi connectivity index (χ1) is 9.27. The van der Waals surface area contributed by atoms with Gasteiger partial charge in [-0.15, -0.1) is 11.3 Å². The van der Waals surface area contributed by atoms with Gasteiger partial charge in [0.2, 0.25) is 0 Å². The van der Waals surface area contributed by atoms with E-state index in [-0.39, 0.29) is 16.7 Å². The third kappa shape index (κ3) is 3.15. The fourth-order valence-electron chi connectivity index (χ4n) is 1.76. The van der Waals surface area contributed by atoms with Crippen LogP contribution in [0, 0.1) is 0 Å². The largest absolute Gasteiger partial charge is 0.375 e. The zero-order valence-corrected chi connectivity index (χ0v) is 13.8. The average molecular weight is 338 g/mol. The van der Waals surface area contributed by atoms with Crippen LogP contribution in [0.5, 0.6) is 0 Å². The van der Waals surface area contributed by atoms with E-state index in [1.54, 1.807) is 11.6 Å². The highest BCUT2D eigenvalue weighted by Crippen LogP contribution is 2.25. The topological polar surface area (TPSA) is 72.7 Å². The van der Waals surface area contributed by atoms with Crippen LogP contribution in [0.4, 0.5) is 0 Å². The number of sulfonamides is 1. The number of imidazole rings is 1. The zero-order chi connectivity index (χ0) is 15.0. The van der Waals surface area contributed by atoms with Crippen LogP contribution in [0.2, 0.25) is 5.15 Å². The van der Waals surface area contributed by atoms with E-state index in [1.807, 2.05) is 20.8 Å². The third-order valence-corrected chi connectivity index (χ3v) is 5.21. The van der Waals surface area contributed by atoms with E-state index in [4.69, 9.17) is 16.3 Å². The van der Waals surface area contributed by atoms with Crippen LogP contribution >= 0.6 is 22.9 Å². The second kappa shape index (κ2) is 5.61. The van der Waals surface area contributed by atoms with Gasteiger partial charge in [-0.05, 0) is 20.8 Å². The highest BCUT2D eigenvalue weighted by atomic mass is 35.5. The van der Waals surface area contributed by atoms with E-state index in [9.17, 15) is 8.42 Å². The van der Waals surface area contributed by atoms with Crippen molar-refractivity contribution in [1.29, 1.82) is 0 Å². The molecule has 9 heteroatoms. The molecule has 0 saturated carbocycles. The summed E-state index contributed by atoms with van der Waals surface area (Å²) in [6.07, 6.45) is 1.63. The molecule has 2 rings (SSSR count). The molecule has 112 valence electrons. The molecule has 0 spiro atoms. The van der Waals surface area contributed by atoms with E-state index in [0.29, 0.717) is 11.6 Å². The van der Waals surface area contributed by atoms with Crippen molar-refractivity contribution in [2.24, 2.45) is 0 Å². The van der Waals surface area contributed by atoms with Gasteiger partial charge in [0.25, 0.3) is 10.0 Å². The van der Waals surface area contributed by atoms with Gasteiger partial charge in [0.1, 0.15) is 0 Å². The Labute approximate surface area is 126 Å². The highest BCUT2D eigenvalue weighted by Gasteiger charge is 2.28. The van der Waals surface area contributed by atoms with E-state index in [0.717, 1.165) is 0 Å². The van der Waals surface area contributed by atoms with Crippen LogP contribution in [-0.2, 0) is 14.8 Å². The standard InChI is InChI=1S/C11H16ClN3O3S2/c1-4-18-11(2,3)7-13-20(16,17)9-8(12)14-10-15(9)5-6-19-10/h5-6,13H,4,7H2,1-3H3. The molecule has 20 heavy (non-hydrogen) atoms. The first kappa shape index (κ1) is 15.7. The molecule has 0 aliphatic carbocycles. The number of hydrogen-bond acceptors (Lipinski definition) is 5. The van der Waals surface area contributed by atoms with Gasteiger partial charge < -0.3 is 4.74 Å². The van der Waals surface area contributed by atoms with E-state index in [1.165, 1.54) is 15.7 Å². The lowest BCUT2D eigenvalue weighted by Gasteiger charge is -2.24.